The third-order valence-corrected chi connectivity index (χ3v) is 3.83. The largest absolute Gasteiger partial charge is 0.327 e. The summed E-state index contributed by atoms with van der Waals surface area (Å²) >= 11 is 0. The zero-order valence-corrected chi connectivity index (χ0v) is 13.9. The highest BCUT2D eigenvalue weighted by Gasteiger charge is 2.14. The number of halogens is 1. The minimum atomic E-state index is -0.314. The highest BCUT2D eigenvalue weighted by molar-refractivity contribution is 5.79. The number of carbonyl (C=O) groups is 1. The van der Waals surface area contributed by atoms with E-state index in [2.05, 4.69) is 21.4 Å². The highest BCUT2D eigenvalue weighted by atomic mass is 19.1. The Labute approximate surface area is 150 Å². The standard InChI is InChI=1S/C19H16FN5O/c1-2-11-24(13-16-3-7-17(20)8-4-16)19(26)12-15-5-9-18(10-6-15)25-14-21-22-23-25/h1,3-10,14H,11-13H2. The molecule has 3 aromatic rings. The number of tetrazole rings is 1. The molecule has 0 aliphatic heterocycles. The Morgan fingerprint density at radius 3 is 2.42 bits per heavy atom. The van der Waals surface area contributed by atoms with E-state index in [1.807, 2.05) is 24.3 Å². The van der Waals surface area contributed by atoms with Crippen LogP contribution < -0.4 is 0 Å². The zero-order chi connectivity index (χ0) is 18.4. The molecule has 0 aliphatic carbocycles. The first-order valence-electron chi connectivity index (χ1n) is 7.93. The van der Waals surface area contributed by atoms with Gasteiger partial charge in [0.2, 0.25) is 5.91 Å². The molecule has 0 aliphatic rings. The summed E-state index contributed by atoms with van der Waals surface area (Å²) in [4.78, 5) is 14.2. The van der Waals surface area contributed by atoms with E-state index < -0.39 is 0 Å². The molecular formula is C19H16FN5O. The summed E-state index contributed by atoms with van der Waals surface area (Å²) < 4.78 is 14.6. The molecule has 6 nitrogen and oxygen atoms in total. The van der Waals surface area contributed by atoms with Gasteiger partial charge < -0.3 is 4.90 Å². The van der Waals surface area contributed by atoms with E-state index in [0.29, 0.717) is 6.54 Å². The van der Waals surface area contributed by atoms with Crippen molar-refractivity contribution in [3.63, 3.8) is 0 Å². The number of aromatic nitrogens is 4. The first kappa shape index (κ1) is 17.3. The topological polar surface area (TPSA) is 63.9 Å². The minimum Gasteiger partial charge on any atom is -0.327 e. The second-order valence-electron chi connectivity index (χ2n) is 5.68. The third kappa shape index (κ3) is 4.30. The Bertz CT molecular complexity index is 899. The molecule has 0 bridgehead atoms. The van der Waals surface area contributed by atoms with E-state index >= 15 is 0 Å². The predicted octanol–water partition coefficient (Wildman–Crippen LogP) is 2.01. The highest BCUT2D eigenvalue weighted by Crippen LogP contribution is 2.12. The van der Waals surface area contributed by atoms with Gasteiger partial charge in [0.25, 0.3) is 0 Å². The van der Waals surface area contributed by atoms with Gasteiger partial charge in [-0.3, -0.25) is 4.79 Å². The Hall–Kier alpha value is -3.53. The molecule has 0 spiro atoms. The van der Waals surface area contributed by atoms with Crippen molar-refractivity contribution in [3.05, 3.63) is 71.8 Å². The van der Waals surface area contributed by atoms with Gasteiger partial charge in [0.15, 0.2) is 0 Å². The van der Waals surface area contributed by atoms with E-state index in [9.17, 15) is 9.18 Å². The van der Waals surface area contributed by atoms with Crippen LogP contribution in [0.25, 0.3) is 5.69 Å². The van der Waals surface area contributed by atoms with Crippen molar-refractivity contribution in [1.82, 2.24) is 25.1 Å². The maximum Gasteiger partial charge on any atom is 0.228 e. The number of benzene rings is 2. The number of amides is 1. The Morgan fingerprint density at radius 1 is 1.12 bits per heavy atom. The van der Waals surface area contributed by atoms with E-state index in [4.69, 9.17) is 6.42 Å². The van der Waals surface area contributed by atoms with Crippen LogP contribution in [0.3, 0.4) is 0 Å². The molecule has 26 heavy (non-hydrogen) atoms. The van der Waals surface area contributed by atoms with Crippen LogP contribution in [0.4, 0.5) is 4.39 Å². The summed E-state index contributed by atoms with van der Waals surface area (Å²) in [6.07, 6.45) is 7.11. The minimum absolute atomic E-state index is 0.0950. The van der Waals surface area contributed by atoms with E-state index in [-0.39, 0.29) is 24.7 Å². The smallest absolute Gasteiger partial charge is 0.228 e. The van der Waals surface area contributed by atoms with Gasteiger partial charge in [-0.1, -0.05) is 30.2 Å². The summed E-state index contributed by atoms with van der Waals surface area (Å²) in [6, 6.07) is 13.4. The normalized spacial score (nSPS) is 10.3. The fourth-order valence-corrected chi connectivity index (χ4v) is 2.49. The van der Waals surface area contributed by atoms with Crippen LogP contribution in [-0.2, 0) is 17.8 Å². The van der Waals surface area contributed by atoms with Gasteiger partial charge in [0, 0.05) is 6.54 Å². The Morgan fingerprint density at radius 2 is 1.81 bits per heavy atom. The monoisotopic (exact) mass is 349 g/mol. The number of rotatable bonds is 6. The van der Waals surface area contributed by atoms with E-state index in [0.717, 1.165) is 16.8 Å². The first-order valence-corrected chi connectivity index (χ1v) is 7.93. The molecule has 0 atom stereocenters. The molecule has 0 saturated heterocycles. The molecule has 130 valence electrons. The molecule has 0 unspecified atom stereocenters. The summed E-state index contributed by atoms with van der Waals surface area (Å²) in [6.45, 7) is 0.533. The van der Waals surface area contributed by atoms with Gasteiger partial charge in [0.05, 0.1) is 18.7 Å². The van der Waals surface area contributed by atoms with Crippen LogP contribution in [0.15, 0.2) is 54.9 Å². The predicted molar refractivity (Wildman–Crippen MR) is 93.5 cm³/mol. The first-order chi connectivity index (χ1) is 12.7. The lowest BCUT2D eigenvalue weighted by Gasteiger charge is -2.20. The average Bonchev–Trinajstić information content (AvgIpc) is 3.18. The Balaban J connectivity index is 1.67. The van der Waals surface area contributed by atoms with Crippen molar-refractivity contribution < 1.29 is 9.18 Å². The molecule has 0 N–H and O–H groups in total. The molecule has 7 heteroatoms. The lowest BCUT2D eigenvalue weighted by atomic mass is 10.1. The van der Waals surface area contributed by atoms with Gasteiger partial charge in [-0.05, 0) is 45.8 Å². The molecule has 1 amide bonds. The van der Waals surface area contributed by atoms with Crippen LogP contribution in [0.5, 0.6) is 0 Å². The van der Waals surface area contributed by atoms with E-state index in [1.54, 1.807) is 17.0 Å². The van der Waals surface area contributed by atoms with Crippen molar-refractivity contribution in [3.8, 4) is 18.0 Å². The molecule has 3 rings (SSSR count). The lowest BCUT2D eigenvalue weighted by Crippen LogP contribution is -2.32. The SMILES string of the molecule is C#CCN(Cc1ccc(F)cc1)C(=O)Cc1ccc(-n2cnnn2)cc1. The van der Waals surface area contributed by atoms with Gasteiger partial charge >= 0.3 is 0 Å². The average molecular weight is 349 g/mol. The molecular weight excluding hydrogens is 333 g/mol. The zero-order valence-electron chi connectivity index (χ0n) is 13.9. The van der Waals surface area contributed by atoms with Crippen molar-refractivity contribution in [2.24, 2.45) is 0 Å². The van der Waals surface area contributed by atoms with Crippen LogP contribution >= 0.6 is 0 Å². The number of terminal acetylenes is 1. The van der Waals surface area contributed by atoms with Crippen LogP contribution in [0.1, 0.15) is 11.1 Å². The van der Waals surface area contributed by atoms with Crippen molar-refractivity contribution >= 4 is 5.91 Å². The second-order valence-corrected chi connectivity index (χ2v) is 5.68. The quantitative estimate of drug-likeness (QED) is 0.639. The van der Waals surface area contributed by atoms with Gasteiger partial charge in [-0.25, -0.2) is 9.07 Å². The second kappa shape index (κ2) is 8.03. The van der Waals surface area contributed by atoms with Crippen molar-refractivity contribution in [1.29, 1.82) is 0 Å². The number of hydrogen-bond donors (Lipinski definition) is 0. The summed E-state index contributed by atoms with van der Waals surface area (Å²) in [5.74, 6) is 2.09. The number of hydrogen-bond acceptors (Lipinski definition) is 4. The van der Waals surface area contributed by atoms with Gasteiger partial charge in [-0.2, -0.15) is 0 Å². The van der Waals surface area contributed by atoms with Crippen molar-refractivity contribution in [2.75, 3.05) is 6.54 Å². The molecule has 0 fully saturated rings. The van der Waals surface area contributed by atoms with Crippen LogP contribution in [0.2, 0.25) is 0 Å². The number of carbonyl (C=O) groups excluding carboxylic acids is 1. The van der Waals surface area contributed by atoms with Crippen molar-refractivity contribution in [2.45, 2.75) is 13.0 Å². The summed E-state index contributed by atoms with van der Waals surface area (Å²) in [5.41, 5.74) is 2.48. The van der Waals surface area contributed by atoms with Crippen LogP contribution in [-0.4, -0.2) is 37.6 Å². The fourth-order valence-electron chi connectivity index (χ4n) is 2.49. The van der Waals surface area contributed by atoms with Crippen LogP contribution in [0, 0.1) is 18.2 Å². The lowest BCUT2D eigenvalue weighted by molar-refractivity contribution is -0.130. The van der Waals surface area contributed by atoms with E-state index in [1.165, 1.54) is 23.1 Å². The summed E-state index contributed by atoms with van der Waals surface area (Å²) in [5, 5.41) is 11.0. The summed E-state index contributed by atoms with van der Waals surface area (Å²) in [7, 11) is 0. The molecule has 0 saturated carbocycles. The molecule has 1 aromatic heterocycles. The molecule has 0 radical (unpaired) electrons. The van der Waals surface area contributed by atoms with Gasteiger partial charge in [-0.15, -0.1) is 11.5 Å². The maximum atomic E-state index is 13.0. The third-order valence-electron chi connectivity index (χ3n) is 3.83. The molecule has 2 aromatic carbocycles. The molecule has 1 heterocycles. The Kier molecular flexibility index (Phi) is 5.34. The number of nitrogens with zero attached hydrogens (tertiary/aromatic N) is 5. The fraction of sp³-hybridized carbons (Fsp3) is 0.158. The maximum absolute atomic E-state index is 13.0. The van der Waals surface area contributed by atoms with Gasteiger partial charge in [0.1, 0.15) is 12.1 Å².